The molecule has 0 aliphatic carbocycles. The number of aromatic nitrogens is 1. The van der Waals surface area contributed by atoms with Crippen LogP contribution in [0.2, 0.25) is 0 Å². The monoisotopic (exact) mass is 264 g/mol. The fourth-order valence-electron chi connectivity index (χ4n) is 2.47. The molecule has 106 valence electrons. The minimum atomic E-state index is -0.459. The second-order valence-corrected chi connectivity index (χ2v) is 5.22. The Bertz CT molecular complexity index is 394. The highest BCUT2D eigenvalue weighted by molar-refractivity contribution is 5.46. The first-order valence-electron chi connectivity index (χ1n) is 7.18. The van der Waals surface area contributed by atoms with E-state index in [1.165, 1.54) is 0 Å². The van der Waals surface area contributed by atoms with Gasteiger partial charge in [-0.1, -0.05) is 13.8 Å². The van der Waals surface area contributed by atoms with E-state index in [1.807, 2.05) is 19.2 Å². The van der Waals surface area contributed by atoms with Gasteiger partial charge in [-0.2, -0.15) is 0 Å². The number of rotatable bonds is 4. The second kappa shape index (κ2) is 6.35. The molecule has 1 fully saturated rings. The standard InChI is InChI=1S/C15H24N2O2/c1-4-12-10-19-11(3)9-17(12)13-6-7-14(16-8-13)15(18)5-2/h6-8,11-12,15,18H,4-5,9-10H2,1-3H3/t11?,12?,15-/m1/s1. The van der Waals surface area contributed by atoms with E-state index < -0.39 is 6.10 Å². The number of anilines is 1. The Morgan fingerprint density at radius 2 is 2.26 bits per heavy atom. The van der Waals surface area contributed by atoms with Gasteiger partial charge in [-0.3, -0.25) is 4.98 Å². The van der Waals surface area contributed by atoms with E-state index >= 15 is 0 Å². The average molecular weight is 264 g/mol. The summed E-state index contributed by atoms with van der Waals surface area (Å²) < 4.78 is 5.71. The van der Waals surface area contributed by atoms with Gasteiger partial charge >= 0.3 is 0 Å². The van der Waals surface area contributed by atoms with Gasteiger partial charge in [-0.15, -0.1) is 0 Å². The molecular formula is C15H24N2O2. The molecule has 2 rings (SSSR count). The molecule has 4 nitrogen and oxygen atoms in total. The maximum absolute atomic E-state index is 9.77. The van der Waals surface area contributed by atoms with Crippen LogP contribution in [0.4, 0.5) is 5.69 Å². The van der Waals surface area contributed by atoms with Gasteiger partial charge in [0, 0.05) is 6.54 Å². The summed E-state index contributed by atoms with van der Waals surface area (Å²) >= 11 is 0. The number of nitrogens with zero attached hydrogens (tertiary/aromatic N) is 2. The lowest BCUT2D eigenvalue weighted by Crippen LogP contribution is -2.48. The Morgan fingerprint density at radius 3 is 2.84 bits per heavy atom. The molecule has 3 atom stereocenters. The van der Waals surface area contributed by atoms with Crippen molar-refractivity contribution in [3.8, 4) is 0 Å². The zero-order valence-corrected chi connectivity index (χ0v) is 12.0. The summed E-state index contributed by atoms with van der Waals surface area (Å²) in [5, 5.41) is 9.77. The smallest absolute Gasteiger partial charge is 0.0957 e. The van der Waals surface area contributed by atoms with Crippen LogP contribution in [0.3, 0.4) is 0 Å². The van der Waals surface area contributed by atoms with E-state index in [9.17, 15) is 5.11 Å². The molecule has 1 N–H and O–H groups in total. The predicted octanol–water partition coefficient (Wildman–Crippen LogP) is 2.53. The molecule has 1 aromatic rings. The molecule has 1 aliphatic heterocycles. The van der Waals surface area contributed by atoms with E-state index in [0.29, 0.717) is 12.5 Å². The van der Waals surface area contributed by atoms with Crippen molar-refractivity contribution in [2.24, 2.45) is 0 Å². The summed E-state index contributed by atoms with van der Waals surface area (Å²) in [6, 6.07) is 4.40. The Balaban J connectivity index is 2.15. The average Bonchev–Trinajstić information content (AvgIpc) is 2.46. The van der Waals surface area contributed by atoms with Gasteiger partial charge in [0.05, 0.1) is 42.4 Å². The fourth-order valence-corrected chi connectivity index (χ4v) is 2.47. The van der Waals surface area contributed by atoms with E-state index in [-0.39, 0.29) is 6.10 Å². The molecule has 19 heavy (non-hydrogen) atoms. The van der Waals surface area contributed by atoms with Gasteiger partial charge in [-0.05, 0) is 31.9 Å². The highest BCUT2D eigenvalue weighted by Gasteiger charge is 2.25. The molecular weight excluding hydrogens is 240 g/mol. The van der Waals surface area contributed by atoms with Crippen LogP contribution < -0.4 is 4.90 Å². The molecule has 0 bridgehead atoms. The number of aliphatic hydroxyl groups is 1. The summed E-state index contributed by atoms with van der Waals surface area (Å²) in [7, 11) is 0. The number of pyridine rings is 1. The number of morpholine rings is 1. The molecule has 0 aromatic carbocycles. The fraction of sp³-hybridized carbons (Fsp3) is 0.667. The molecule has 0 radical (unpaired) electrons. The third-order valence-electron chi connectivity index (χ3n) is 3.77. The van der Waals surface area contributed by atoms with Crippen molar-refractivity contribution in [1.82, 2.24) is 4.98 Å². The highest BCUT2D eigenvalue weighted by Crippen LogP contribution is 2.24. The summed E-state index contributed by atoms with van der Waals surface area (Å²) in [6.45, 7) is 7.91. The van der Waals surface area contributed by atoms with Gasteiger partial charge in [0.25, 0.3) is 0 Å². The van der Waals surface area contributed by atoms with Crippen LogP contribution in [-0.2, 0) is 4.74 Å². The van der Waals surface area contributed by atoms with Crippen LogP contribution in [0.1, 0.15) is 45.4 Å². The highest BCUT2D eigenvalue weighted by atomic mass is 16.5. The van der Waals surface area contributed by atoms with Crippen LogP contribution in [0.15, 0.2) is 18.3 Å². The summed E-state index contributed by atoms with van der Waals surface area (Å²) in [5.74, 6) is 0. The Kier molecular flexibility index (Phi) is 4.77. The lowest BCUT2D eigenvalue weighted by atomic mass is 10.1. The van der Waals surface area contributed by atoms with Crippen LogP contribution >= 0.6 is 0 Å². The van der Waals surface area contributed by atoms with Crippen LogP contribution in [0.5, 0.6) is 0 Å². The van der Waals surface area contributed by atoms with E-state index in [4.69, 9.17) is 4.74 Å². The quantitative estimate of drug-likeness (QED) is 0.907. The van der Waals surface area contributed by atoms with Crippen molar-refractivity contribution in [3.05, 3.63) is 24.0 Å². The van der Waals surface area contributed by atoms with E-state index in [0.717, 1.165) is 31.0 Å². The normalized spacial score (nSPS) is 25.4. The van der Waals surface area contributed by atoms with Gasteiger partial charge in [0.2, 0.25) is 0 Å². The minimum absolute atomic E-state index is 0.253. The third kappa shape index (κ3) is 3.25. The first-order valence-corrected chi connectivity index (χ1v) is 7.18. The van der Waals surface area contributed by atoms with Crippen molar-refractivity contribution < 1.29 is 9.84 Å². The van der Waals surface area contributed by atoms with E-state index in [1.54, 1.807) is 0 Å². The first kappa shape index (κ1) is 14.3. The maximum Gasteiger partial charge on any atom is 0.0957 e. The lowest BCUT2D eigenvalue weighted by Gasteiger charge is -2.39. The van der Waals surface area contributed by atoms with Gasteiger partial charge in [0.1, 0.15) is 0 Å². The number of hydrogen-bond donors (Lipinski definition) is 1. The Morgan fingerprint density at radius 1 is 1.47 bits per heavy atom. The second-order valence-electron chi connectivity index (χ2n) is 5.22. The summed E-state index contributed by atoms with van der Waals surface area (Å²) in [4.78, 5) is 6.75. The molecule has 0 amide bonds. The molecule has 1 aliphatic rings. The third-order valence-corrected chi connectivity index (χ3v) is 3.77. The molecule has 2 heterocycles. The Hall–Kier alpha value is -1.13. The van der Waals surface area contributed by atoms with Crippen molar-refractivity contribution >= 4 is 5.69 Å². The summed E-state index contributed by atoms with van der Waals surface area (Å²) in [6.07, 6.45) is 3.42. The van der Waals surface area contributed by atoms with Crippen LogP contribution in [0.25, 0.3) is 0 Å². The molecule has 2 unspecified atom stereocenters. The van der Waals surface area contributed by atoms with Crippen molar-refractivity contribution in [1.29, 1.82) is 0 Å². The van der Waals surface area contributed by atoms with Crippen LogP contribution in [-0.4, -0.2) is 35.4 Å². The largest absolute Gasteiger partial charge is 0.387 e. The molecule has 0 spiro atoms. The molecule has 1 saturated heterocycles. The lowest BCUT2D eigenvalue weighted by molar-refractivity contribution is 0.0299. The van der Waals surface area contributed by atoms with Crippen LogP contribution in [0, 0.1) is 0 Å². The Labute approximate surface area is 115 Å². The zero-order chi connectivity index (χ0) is 13.8. The van der Waals surface area contributed by atoms with Crippen molar-refractivity contribution in [3.63, 3.8) is 0 Å². The number of ether oxygens (including phenoxy) is 1. The van der Waals surface area contributed by atoms with Gasteiger partial charge in [0.15, 0.2) is 0 Å². The van der Waals surface area contributed by atoms with Crippen molar-refractivity contribution in [2.75, 3.05) is 18.1 Å². The maximum atomic E-state index is 9.77. The number of aliphatic hydroxyl groups excluding tert-OH is 1. The number of hydrogen-bond acceptors (Lipinski definition) is 4. The first-order chi connectivity index (χ1) is 9.15. The van der Waals surface area contributed by atoms with Crippen molar-refractivity contribution in [2.45, 2.75) is 51.9 Å². The molecule has 4 heteroatoms. The van der Waals surface area contributed by atoms with Gasteiger partial charge < -0.3 is 14.7 Å². The van der Waals surface area contributed by atoms with E-state index in [2.05, 4.69) is 29.8 Å². The molecule has 1 aromatic heterocycles. The van der Waals surface area contributed by atoms with Gasteiger partial charge in [-0.25, -0.2) is 0 Å². The minimum Gasteiger partial charge on any atom is -0.387 e. The SMILES string of the molecule is CCC1COC(C)CN1c1ccc([C@H](O)CC)nc1. The molecule has 0 saturated carbocycles. The predicted molar refractivity (Wildman–Crippen MR) is 76.3 cm³/mol. The summed E-state index contributed by atoms with van der Waals surface area (Å²) in [5.41, 5.74) is 1.87. The topological polar surface area (TPSA) is 45.6 Å². The zero-order valence-electron chi connectivity index (χ0n) is 12.0.